The van der Waals surface area contributed by atoms with Crippen molar-refractivity contribution in [3.05, 3.63) is 30.9 Å². The number of amides is 1. The maximum Gasteiger partial charge on any atom is 0.307 e. The van der Waals surface area contributed by atoms with Crippen LogP contribution < -0.4 is 5.32 Å². The van der Waals surface area contributed by atoms with Gasteiger partial charge in [0.1, 0.15) is 0 Å². The molecule has 1 heterocycles. The lowest BCUT2D eigenvalue weighted by atomic mass is 9.82. The number of nitrogens with one attached hydrogen (secondary N) is 1. The number of rotatable bonds is 7. The fourth-order valence-corrected chi connectivity index (χ4v) is 2.56. The summed E-state index contributed by atoms with van der Waals surface area (Å²) in [7, 11) is 0. The molecule has 0 aliphatic heterocycles. The third-order valence-electron chi connectivity index (χ3n) is 3.79. The maximum absolute atomic E-state index is 12.1. The average molecular weight is 291 g/mol. The molecule has 1 amide bonds. The molecule has 2 rings (SSSR count). The van der Waals surface area contributed by atoms with Crippen molar-refractivity contribution in [1.82, 2.24) is 14.9 Å². The summed E-state index contributed by atoms with van der Waals surface area (Å²) < 4.78 is 1.99. The minimum absolute atomic E-state index is 0.144. The first-order valence-corrected chi connectivity index (χ1v) is 7.29. The van der Waals surface area contributed by atoms with Gasteiger partial charge in [-0.3, -0.25) is 9.59 Å². The minimum Gasteiger partial charge on any atom is -0.481 e. The van der Waals surface area contributed by atoms with Crippen LogP contribution >= 0.6 is 0 Å². The summed E-state index contributed by atoms with van der Waals surface area (Å²) in [5.74, 6) is -2.07. The van der Waals surface area contributed by atoms with Crippen LogP contribution in [0.4, 0.5) is 0 Å². The van der Waals surface area contributed by atoms with E-state index in [9.17, 15) is 9.59 Å². The number of unbranched alkanes of at least 4 members (excludes halogenated alkanes) is 1. The van der Waals surface area contributed by atoms with Gasteiger partial charge < -0.3 is 15.0 Å². The second kappa shape index (κ2) is 7.61. The third-order valence-corrected chi connectivity index (χ3v) is 3.79. The SMILES string of the molecule is O=C(O)C1CC=CCC1C(=O)NCCCCn1ccnc1. The molecule has 2 N–H and O–H groups in total. The molecule has 2 atom stereocenters. The smallest absolute Gasteiger partial charge is 0.307 e. The van der Waals surface area contributed by atoms with E-state index in [2.05, 4.69) is 10.3 Å². The first-order valence-electron chi connectivity index (χ1n) is 7.29. The van der Waals surface area contributed by atoms with E-state index in [0.717, 1.165) is 19.4 Å². The molecule has 0 aromatic carbocycles. The molecule has 1 aliphatic carbocycles. The summed E-state index contributed by atoms with van der Waals surface area (Å²) in [6.45, 7) is 1.46. The molecule has 6 nitrogen and oxygen atoms in total. The number of hydrogen-bond donors (Lipinski definition) is 2. The van der Waals surface area contributed by atoms with Crippen LogP contribution in [-0.2, 0) is 16.1 Å². The second-order valence-corrected chi connectivity index (χ2v) is 5.29. The monoisotopic (exact) mass is 291 g/mol. The average Bonchev–Trinajstić information content (AvgIpc) is 3.00. The second-order valence-electron chi connectivity index (χ2n) is 5.29. The maximum atomic E-state index is 12.1. The Bertz CT molecular complexity index is 496. The number of carboxylic acids is 1. The predicted molar refractivity (Wildman–Crippen MR) is 77.5 cm³/mol. The summed E-state index contributed by atoms with van der Waals surface area (Å²) in [4.78, 5) is 27.2. The fraction of sp³-hybridized carbons (Fsp3) is 0.533. The summed E-state index contributed by atoms with van der Waals surface area (Å²) in [5, 5.41) is 12.0. The van der Waals surface area contributed by atoms with Gasteiger partial charge in [-0.1, -0.05) is 12.2 Å². The number of carboxylic acid groups (broad SMARTS) is 1. The van der Waals surface area contributed by atoms with Crippen molar-refractivity contribution in [1.29, 1.82) is 0 Å². The number of aromatic nitrogens is 2. The predicted octanol–water partition coefficient (Wildman–Crippen LogP) is 1.45. The van der Waals surface area contributed by atoms with Crippen molar-refractivity contribution < 1.29 is 14.7 Å². The molecule has 0 saturated carbocycles. The molecule has 2 unspecified atom stereocenters. The molecular weight excluding hydrogens is 270 g/mol. The summed E-state index contributed by atoms with van der Waals surface area (Å²) in [6.07, 6.45) is 11.9. The van der Waals surface area contributed by atoms with E-state index in [1.807, 2.05) is 22.9 Å². The van der Waals surface area contributed by atoms with Gasteiger partial charge in [0.25, 0.3) is 0 Å². The Labute approximate surface area is 123 Å². The van der Waals surface area contributed by atoms with Crippen LogP contribution in [0.15, 0.2) is 30.9 Å². The lowest BCUT2D eigenvalue weighted by Gasteiger charge is -2.24. The van der Waals surface area contributed by atoms with Gasteiger partial charge in [-0.25, -0.2) is 4.98 Å². The zero-order valence-electron chi connectivity index (χ0n) is 11.9. The van der Waals surface area contributed by atoms with E-state index >= 15 is 0 Å². The molecule has 21 heavy (non-hydrogen) atoms. The topological polar surface area (TPSA) is 84.2 Å². The molecule has 0 bridgehead atoms. The van der Waals surface area contributed by atoms with Crippen molar-refractivity contribution in [2.75, 3.05) is 6.54 Å². The van der Waals surface area contributed by atoms with Gasteiger partial charge >= 0.3 is 5.97 Å². The number of allylic oxidation sites excluding steroid dienone is 2. The number of hydrogen-bond acceptors (Lipinski definition) is 3. The first kappa shape index (κ1) is 15.3. The van der Waals surface area contributed by atoms with Crippen LogP contribution in [0.3, 0.4) is 0 Å². The zero-order chi connectivity index (χ0) is 15.1. The number of aliphatic carboxylic acids is 1. The molecule has 0 saturated heterocycles. The summed E-state index contributed by atoms with van der Waals surface area (Å²) >= 11 is 0. The third kappa shape index (κ3) is 4.44. The lowest BCUT2D eigenvalue weighted by molar-refractivity contribution is -0.147. The van der Waals surface area contributed by atoms with Gasteiger partial charge in [0.05, 0.1) is 18.2 Å². The fourth-order valence-electron chi connectivity index (χ4n) is 2.56. The van der Waals surface area contributed by atoms with Crippen LogP contribution in [0, 0.1) is 11.8 Å². The van der Waals surface area contributed by atoms with Crippen LogP contribution in [0.1, 0.15) is 25.7 Å². The highest BCUT2D eigenvalue weighted by atomic mass is 16.4. The normalized spacial score (nSPS) is 21.1. The zero-order valence-corrected chi connectivity index (χ0v) is 11.9. The molecule has 1 aromatic heterocycles. The molecule has 0 radical (unpaired) electrons. The van der Waals surface area contributed by atoms with Crippen molar-refractivity contribution in [3.63, 3.8) is 0 Å². The van der Waals surface area contributed by atoms with E-state index in [1.54, 1.807) is 12.5 Å². The quantitative estimate of drug-likeness (QED) is 0.588. The van der Waals surface area contributed by atoms with Gasteiger partial charge in [0.15, 0.2) is 0 Å². The van der Waals surface area contributed by atoms with E-state index in [-0.39, 0.29) is 5.91 Å². The molecule has 114 valence electrons. The Hall–Kier alpha value is -2.11. The highest BCUT2D eigenvalue weighted by molar-refractivity contribution is 5.85. The van der Waals surface area contributed by atoms with Crippen molar-refractivity contribution in [3.8, 4) is 0 Å². The van der Waals surface area contributed by atoms with E-state index < -0.39 is 17.8 Å². The van der Waals surface area contributed by atoms with Gasteiger partial charge in [0.2, 0.25) is 5.91 Å². The van der Waals surface area contributed by atoms with Gasteiger partial charge in [-0.15, -0.1) is 0 Å². The number of nitrogens with zero attached hydrogens (tertiary/aromatic N) is 2. The molecule has 0 spiro atoms. The summed E-state index contributed by atoms with van der Waals surface area (Å²) in [6, 6.07) is 0. The van der Waals surface area contributed by atoms with Gasteiger partial charge in [-0.2, -0.15) is 0 Å². The largest absolute Gasteiger partial charge is 0.481 e. The number of imidazole rings is 1. The van der Waals surface area contributed by atoms with E-state index in [0.29, 0.717) is 19.4 Å². The highest BCUT2D eigenvalue weighted by Crippen LogP contribution is 2.25. The number of aryl methyl sites for hydroxylation is 1. The molecule has 1 aromatic rings. The standard InChI is InChI=1S/C15H21N3O3/c19-14(12-5-1-2-6-13(12)15(20)21)17-7-3-4-9-18-10-8-16-11-18/h1-2,8,10-13H,3-7,9H2,(H,17,19)(H,20,21). The Morgan fingerprint density at radius 2 is 2.00 bits per heavy atom. The van der Waals surface area contributed by atoms with E-state index in [4.69, 9.17) is 5.11 Å². The summed E-state index contributed by atoms with van der Waals surface area (Å²) in [5.41, 5.74) is 0. The van der Waals surface area contributed by atoms with Crippen LogP contribution in [0.25, 0.3) is 0 Å². The molecular formula is C15H21N3O3. The Kier molecular flexibility index (Phi) is 5.54. The van der Waals surface area contributed by atoms with Crippen LogP contribution in [-0.4, -0.2) is 33.1 Å². The Morgan fingerprint density at radius 3 is 2.67 bits per heavy atom. The van der Waals surface area contributed by atoms with Gasteiger partial charge in [-0.05, 0) is 25.7 Å². The number of carbonyl (C=O) groups is 2. The first-order chi connectivity index (χ1) is 10.2. The van der Waals surface area contributed by atoms with Crippen molar-refractivity contribution >= 4 is 11.9 Å². The number of carbonyl (C=O) groups excluding carboxylic acids is 1. The highest BCUT2D eigenvalue weighted by Gasteiger charge is 2.33. The minimum atomic E-state index is -0.889. The lowest BCUT2D eigenvalue weighted by Crippen LogP contribution is -2.39. The Balaban J connectivity index is 1.68. The van der Waals surface area contributed by atoms with Crippen LogP contribution in [0.5, 0.6) is 0 Å². The van der Waals surface area contributed by atoms with Crippen molar-refractivity contribution in [2.45, 2.75) is 32.2 Å². The molecule has 1 aliphatic rings. The Morgan fingerprint density at radius 1 is 1.24 bits per heavy atom. The van der Waals surface area contributed by atoms with Crippen molar-refractivity contribution in [2.24, 2.45) is 11.8 Å². The van der Waals surface area contributed by atoms with Gasteiger partial charge in [0, 0.05) is 25.5 Å². The molecule has 6 heteroatoms. The molecule has 0 fully saturated rings. The van der Waals surface area contributed by atoms with E-state index in [1.165, 1.54) is 0 Å². The van der Waals surface area contributed by atoms with Crippen LogP contribution in [0.2, 0.25) is 0 Å².